The number of benzene rings is 3. The summed E-state index contributed by atoms with van der Waals surface area (Å²) < 4.78 is 29.1. The number of aryl methyl sites for hydroxylation is 1. The number of nitrogens with zero attached hydrogens (tertiary/aromatic N) is 1. The van der Waals surface area contributed by atoms with Crippen LogP contribution in [0.5, 0.6) is 0 Å². The van der Waals surface area contributed by atoms with Crippen LogP contribution in [-0.4, -0.2) is 8.42 Å². The van der Waals surface area contributed by atoms with Crippen molar-refractivity contribution in [2.24, 2.45) is 0 Å². The summed E-state index contributed by atoms with van der Waals surface area (Å²) in [5.41, 5.74) is 3.63. The minimum absolute atomic E-state index is 0.224. The Hall–Kier alpha value is -2.30. The van der Waals surface area contributed by atoms with Gasteiger partial charge in [0.15, 0.2) is 0 Å². The third kappa shape index (κ3) is 3.21. The van der Waals surface area contributed by atoms with Crippen molar-refractivity contribution < 1.29 is 8.42 Å². The van der Waals surface area contributed by atoms with Crippen LogP contribution in [0.3, 0.4) is 0 Å². The Balaban J connectivity index is 1.94. The first-order valence-electron chi connectivity index (χ1n) is 9.34. The van der Waals surface area contributed by atoms with Gasteiger partial charge in [0, 0.05) is 5.02 Å². The van der Waals surface area contributed by atoms with Gasteiger partial charge in [-0.15, -0.1) is 0 Å². The first-order valence-corrected chi connectivity index (χ1v) is 11.2. The summed E-state index contributed by atoms with van der Waals surface area (Å²) in [6.07, 6.45) is 0.672. The summed E-state index contributed by atoms with van der Waals surface area (Å²) in [6, 6.07) is 21.9. The standard InChI is InChI=1S/C23H22ClNO2S/c1-16-11-13-18(14-12-16)28(26,27)25-22-10-6-4-7-19(22)17(2)15-23(25)20-8-3-5-9-21(20)24/h3-14,17,23H,15H2,1-2H3/t17-,23-/m0/s1. The normalized spacial score (nSPS) is 19.3. The number of halogens is 1. The lowest BCUT2D eigenvalue weighted by Crippen LogP contribution is -2.39. The molecule has 0 aromatic heterocycles. The highest BCUT2D eigenvalue weighted by molar-refractivity contribution is 7.92. The summed E-state index contributed by atoms with van der Waals surface area (Å²) in [5.74, 6) is 0.224. The van der Waals surface area contributed by atoms with E-state index in [4.69, 9.17) is 11.6 Å². The van der Waals surface area contributed by atoms with Crippen molar-refractivity contribution >= 4 is 27.3 Å². The maximum Gasteiger partial charge on any atom is 0.264 e. The molecule has 0 radical (unpaired) electrons. The first kappa shape index (κ1) is 19.0. The predicted molar refractivity (Wildman–Crippen MR) is 115 cm³/mol. The largest absolute Gasteiger partial charge is 0.264 e. The molecule has 5 heteroatoms. The van der Waals surface area contributed by atoms with Crippen LogP contribution in [0.4, 0.5) is 5.69 Å². The lowest BCUT2D eigenvalue weighted by molar-refractivity contribution is 0.523. The second-order valence-corrected chi connectivity index (χ2v) is 9.57. The van der Waals surface area contributed by atoms with Crippen molar-refractivity contribution in [3.05, 3.63) is 94.5 Å². The third-order valence-electron chi connectivity index (χ3n) is 5.41. The predicted octanol–water partition coefficient (Wildman–Crippen LogP) is 6.09. The van der Waals surface area contributed by atoms with E-state index in [-0.39, 0.29) is 12.0 Å². The Morgan fingerprint density at radius 2 is 1.50 bits per heavy atom. The van der Waals surface area contributed by atoms with E-state index in [1.807, 2.05) is 67.6 Å². The van der Waals surface area contributed by atoms with Crippen LogP contribution >= 0.6 is 11.6 Å². The summed E-state index contributed by atoms with van der Waals surface area (Å²) in [4.78, 5) is 0.291. The van der Waals surface area contributed by atoms with Crippen LogP contribution in [0.1, 0.15) is 42.0 Å². The van der Waals surface area contributed by atoms with Gasteiger partial charge in [0.25, 0.3) is 10.0 Å². The molecule has 3 aromatic rings. The lowest BCUT2D eigenvalue weighted by Gasteiger charge is -2.41. The monoisotopic (exact) mass is 411 g/mol. The van der Waals surface area contributed by atoms with Crippen molar-refractivity contribution in [2.75, 3.05) is 4.31 Å². The van der Waals surface area contributed by atoms with E-state index in [2.05, 4.69) is 6.92 Å². The first-order chi connectivity index (χ1) is 13.4. The van der Waals surface area contributed by atoms with Crippen molar-refractivity contribution in [3.8, 4) is 0 Å². The molecule has 0 spiro atoms. The van der Waals surface area contributed by atoms with Gasteiger partial charge in [-0.25, -0.2) is 8.42 Å². The molecular weight excluding hydrogens is 390 g/mol. The van der Waals surface area contributed by atoms with Crippen LogP contribution in [0, 0.1) is 6.92 Å². The molecule has 4 rings (SSSR count). The molecule has 144 valence electrons. The number of sulfonamides is 1. The molecule has 0 aliphatic carbocycles. The highest BCUT2D eigenvalue weighted by Crippen LogP contribution is 2.48. The van der Waals surface area contributed by atoms with E-state index in [9.17, 15) is 8.42 Å². The average Bonchev–Trinajstić information content (AvgIpc) is 2.68. The van der Waals surface area contributed by atoms with Crippen molar-refractivity contribution in [1.29, 1.82) is 0 Å². The molecule has 1 aliphatic heterocycles. The third-order valence-corrected chi connectivity index (χ3v) is 7.59. The van der Waals surface area contributed by atoms with Gasteiger partial charge in [0.1, 0.15) is 0 Å². The minimum Gasteiger partial charge on any atom is -0.258 e. The molecule has 1 aliphatic rings. The van der Waals surface area contributed by atoms with E-state index in [0.29, 0.717) is 16.3 Å². The molecule has 2 atom stereocenters. The van der Waals surface area contributed by atoms with E-state index in [1.165, 1.54) is 0 Å². The lowest BCUT2D eigenvalue weighted by atomic mass is 9.85. The number of fused-ring (bicyclic) bond motifs is 1. The fourth-order valence-corrected chi connectivity index (χ4v) is 5.88. The molecule has 3 nitrogen and oxygen atoms in total. The minimum atomic E-state index is -3.76. The molecule has 0 saturated carbocycles. The summed E-state index contributed by atoms with van der Waals surface area (Å²) in [5, 5.41) is 0.586. The molecule has 0 amide bonds. The van der Waals surface area contributed by atoms with Crippen LogP contribution in [0.2, 0.25) is 5.02 Å². The fourth-order valence-electron chi connectivity index (χ4n) is 3.95. The van der Waals surface area contributed by atoms with Gasteiger partial charge in [-0.1, -0.05) is 72.6 Å². The molecule has 0 N–H and O–H groups in total. The molecule has 0 fully saturated rings. The molecule has 0 bridgehead atoms. The Bertz CT molecular complexity index is 1110. The van der Waals surface area contributed by atoms with Gasteiger partial charge in [0.05, 0.1) is 16.6 Å². The number of hydrogen-bond donors (Lipinski definition) is 0. The molecule has 0 unspecified atom stereocenters. The topological polar surface area (TPSA) is 37.4 Å². The summed E-state index contributed by atoms with van der Waals surface area (Å²) in [7, 11) is -3.76. The zero-order chi connectivity index (χ0) is 19.9. The van der Waals surface area contributed by atoms with Gasteiger partial charge in [-0.2, -0.15) is 0 Å². The maximum atomic E-state index is 13.7. The number of anilines is 1. The highest BCUT2D eigenvalue weighted by Gasteiger charge is 2.39. The van der Waals surface area contributed by atoms with E-state index < -0.39 is 10.0 Å². The Kier molecular flexibility index (Phi) is 4.94. The smallest absolute Gasteiger partial charge is 0.258 e. The van der Waals surface area contributed by atoms with Gasteiger partial charge < -0.3 is 0 Å². The molecular formula is C23H22ClNO2S. The fraction of sp³-hybridized carbons (Fsp3) is 0.217. The molecule has 28 heavy (non-hydrogen) atoms. The van der Waals surface area contributed by atoms with Crippen LogP contribution in [-0.2, 0) is 10.0 Å². The summed E-state index contributed by atoms with van der Waals surface area (Å²) in [6.45, 7) is 4.08. The van der Waals surface area contributed by atoms with Crippen LogP contribution in [0.15, 0.2) is 77.7 Å². The van der Waals surface area contributed by atoms with E-state index in [1.54, 1.807) is 16.4 Å². The molecule has 1 heterocycles. The Morgan fingerprint density at radius 1 is 0.893 bits per heavy atom. The van der Waals surface area contributed by atoms with Crippen molar-refractivity contribution in [1.82, 2.24) is 0 Å². The Morgan fingerprint density at radius 3 is 2.18 bits per heavy atom. The van der Waals surface area contributed by atoms with E-state index >= 15 is 0 Å². The SMILES string of the molecule is Cc1ccc(S(=O)(=O)N2c3ccccc3[C@@H](C)C[C@H]2c2ccccc2Cl)cc1. The average molecular weight is 412 g/mol. The number of hydrogen-bond acceptors (Lipinski definition) is 2. The zero-order valence-corrected chi connectivity index (χ0v) is 17.4. The van der Waals surface area contributed by atoms with Gasteiger partial charge in [0.2, 0.25) is 0 Å². The zero-order valence-electron chi connectivity index (χ0n) is 15.8. The van der Waals surface area contributed by atoms with Crippen molar-refractivity contribution in [2.45, 2.75) is 37.1 Å². The quantitative estimate of drug-likeness (QED) is 0.522. The van der Waals surface area contributed by atoms with Crippen LogP contribution in [0.25, 0.3) is 0 Å². The van der Waals surface area contributed by atoms with Gasteiger partial charge in [-0.3, -0.25) is 4.31 Å². The van der Waals surface area contributed by atoms with E-state index in [0.717, 1.165) is 22.4 Å². The molecule has 0 saturated heterocycles. The van der Waals surface area contributed by atoms with Crippen molar-refractivity contribution in [3.63, 3.8) is 0 Å². The number of para-hydroxylation sites is 1. The summed E-state index contributed by atoms with van der Waals surface area (Å²) >= 11 is 6.49. The Labute approximate surface area is 171 Å². The highest BCUT2D eigenvalue weighted by atomic mass is 35.5. The second kappa shape index (κ2) is 7.26. The second-order valence-electron chi connectivity index (χ2n) is 7.35. The van der Waals surface area contributed by atoms with Gasteiger partial charge >= 0.3 is 0 Å². The number of rotatable bonds is 3. The molecule has 3 aromatic carbocycles. The van der Waals surface area contributed by atoms with Gasteiger partial charge in [-0.05, 0) is 54.7 Å². The van der Waals surface area contributed by atoms with Crippen LogP contribution < -0.4 is 4.31 Å². The maximum absolute atomic E-state index is 13.7.